The Hall–Kier alpha value is -0.00312. The first kappa shape index (κ1) is 9.00. The molecule has 0 radical (unpaired) electrons. The Morgan fingerprint density at radius 3 is 2.22 bits per heavy atom. The molecule has 0 aliphatic rings. The molecule has 0 aromatic carbocycles. The average molecular weight is 156 g/mol. The van der Waals surface area contributed by atoms with Crippen molar-refractivity contribution in [2.75, 3.05) is 20.3 Å². The van der Waals surface area contributed by atoms with Crippen LogP contribution in [0, 0.1) is 0 Å². The van der Waals surface area contributed by atoms with E-state index in [9.17, 15) is 8.22 Å². The van der Waals surface area contributed by atoms with Gasteiger partial charge in [0.15, 0.2) is 0 Å². The number of rotatable bonds is 4. The summed E-state index contributed by atoms with van der Waals surface area (Å²) in [6, 6.07) is 0. The van der Waals surface area contributed by atoms with Crippen LogP contribution in [0.1, 0.15) is 0 Å². The molecule has 0 heterocycles. The van der Waals surface area contributed by atoms with E-state index < -0.39 is 8.99 Å². The highest BCUT2D eigenvalue weighted by molar-refractivity contribution is 6.57. The summed E-state index contributed by atoms with van der Waals surface area (Å²) >= 11 is 0. The molecule has 0 saturated carbocycles. The number of ether oxygens (including phenoxy) is 1. The van der Waals surface area contributed by atoms with E-state index >= 15 is 0 Å². The predicted octanol–water partition coefficient (Wildman–Crippen LogP) is 1.16. The molecule has 0 aromatic heterocycles. The quantitative estimate of drug-likeness (QED) is 0.345. The van der Waals surface area contributed by atoms with Gasteiger partial charge in [0.2, 0.25) is 0 Å². The van der Waals surface area contributed by atoms with Gasteiger partial charge in [0.05, 0.1) is 13.2 Å². The van der Waals surface area contributed by atoms with Gasteiger partial charge < -0.3 is 9.16 Å². The van der Waals surface area contributed by atoms with Crippen LogP contribution >= 0.6 is 0 Å². The summed E-state index contributed by atoms with van der Waals surface area (Å²) in [5.74, 6) is 0. The monoisotopic (exact) mass is 156 g/mol. The fourth-order valence-corrected chi connectivity index (χ4v) is 0.746. The average Bonchev–Trinajstić information content (AvgIpc) is 1.63. The van der Waals surface area contributed by atoms with Crippen LogP contribution in [-0.4, -0.2) is 29.3 Å². The number of hydrogen-bond acceptors (Lipinski definition) is 2. The second kappa shape index (κ2) is 3.92. The molecule has 0 fully saturated rings. The van der Waals surface area contributed by atoms with Crippen molar-refractivity contribution < 1.29 is 17.4 Å². The van der Waals surface area contributed by atoms with E-state index in [1.54, 1.807) is 0 Å². The van der Waals surface area contributed by atoms with E-state index in [2.05, 4.69) is 9.16 Å². The van der Waals surface area contributed by atoms with Gasteiger partial charge >= 0.3 is 8.99 Å². The van der Waals surface area contributed by atoms with E-state index in [4.69, 9.17) is 0 Å². The highest BCUT2D eigenvalue weighted by atomic mass is 28.4. The number of hydrogen-bond donors (Lipinski definition) is 0. The standard InChI is InChI=1S/C4H10F2O2Si/c1-7-3-4-8-9(2,5)6/h3-4H2,1-2H3. The van der Waals surface area contributed by atoms with Crippen molar-refractivity contribution >= 4 is 8.99 Å². The maximum atomic E-state index is 11.9. The van der Waals surface area contributed by atoms with Gasteiger partial charge in [-0.1, -0.05) is 0 Å². The van der Waals surface area contributed by atoms with Crippen molar-refractivity contribution in [2.24, 2.45) is 0 Å². The van der Waals surface area contributed by atoms with E-state index in [-0.39, 0.29) is 13.2 Å². The molecule has 0 spiro atoms. The van der Waals surface area contributed by atoms with Gasteiger partial charge in [-0.15, -0.1) is 0 Å². The lowest BCUT2D eigenvalue weighted by Crippen LogP contribution is -2.24. The Morgan fingerprint density at radius 1 is 1.33 bits per heavy atom. The fraction of sp³-hybridized carbons (Fsp3) is 1.00. The smallest absolute Gasteiger partial charge is 0.382 e. The first-order valence-electron chi connectivity index (χ1n) is 2.57. The van der Waals surface area contributed by atoms with Gasteiger partial charge in [0.25, 0.3) is 0 Å². The van der Waals surface area contributed by atoms with Crippen molar-refractivity contribution in [1.82, 2.24) is 0 Å². The molecule has 5 heteroatoms. The van der Waals surface area contributed by atoms with Gasteiger partial charge in [-0.25, -0.2) is 8.22 Å². The first-order chi connectivity index (χ1) is 4.06. The zero-order valence-electron chi connectivity index (χ0n) is 5.49. The summed E-state index contributed by atoms with van der Waals surface area (Å²) in [6.45, 7) is 1.06. The van der Waals surface area contributed by atoms with Crippen LogP contribution in [0.5, 0.6) is 0 Å². The second-order valence-corrected chi connectivity index (χ2v) is 3.55. The molecular formula is C4H10F2O2Si. The Labute approximate surface area is 54.2 Å². The van der Waals surface area contributed by atoms with E-state index in [0.29, 0.717) is 0 Å². The third kappa shape index (κ3) is 8.00. The van der Waals surface area contributed by atoms with E-state index in [1.165, 1.54) is 7.11 Å². The molecule has 2 nitrogen and oxygen atoms in total. The summed E-state index contributed by atoms with van der Waals surface area (Å²) in [4.78, 5) is 0. The molecule has 0 aliphatic carbocycles. The number of halogens is 2. The Morgan fingerprint density at radius 2 is 1.89 bits per heavy atom. The zero-order valence-corrected chi connectivity index (χ0v) is 6.49. The fourth-order valence-electron chi connectivity index (χ4n) is 0.304. The molecule has 9 heavy (non-hydrogen) atoms. The molecule has 0 aromatic rings. The van der Waals surface area contributed by atoms with Gasteiger partial charge in [-0.3, -0.25) is 0 Å². The van der Waals surface area contributed by atoms with Crippen molar-refractivity contribution in [2.45, 2.75) is 6.55 Å². The third-order valence-electron chi connectivity index (χ3n) is 0.643. The highest BCUT2D eigenvalue weighted by Crippen LogP contribution is 2.05. The lowest BCUT2D eigenvalue weighted by atomic mass is 10.8. The predicted molar refractivity (Wildman–Crippen MR) is 31.7 cm³/mol. The van der Waals surface area contributed by atoms with Gasteiger partial charge in [-0.2, -0.15) is 0 Å². The van der Waals surface area contributed by atoms with Crippen LogP contribution in [0.15, 0.2) is 0 Å². The molecule has 0 saturated heterocycles. The summed E-state index contributed by atoms with van der Waals surface area (Å²) in [6.07, 6.45) is 0. The SMILES string of the molecule is COCCO[Si](C)(F)F. The van der Waals surface area contributed by atoms with Gasteiger partial charge in [0.1, 0.15) is 0 Å². The van der Waals surface area contributed by atoms with Crippen LogP contribution in [0.2, 0.25) is 6.55 Å². The third-order valence-corrected chi connectivity index (χ3v) is 1.35. The van der Waals surface area contributed by atoms with E-state index in [0.717, 1.165) is 6.55 Å². The van der Waals surface area contributed by atoms with Crippen LogP contribution in [-0.2, 0) is 9.16 Å². The second-order valence-electron chi connectivity index (χ2n) is 1.65. The first-order valence-corrected chi connectivity index (χ1v) is 4.73. The molecule has 0 rings (SSSR count). The van der Waals surface area contributed by atoms with Crippen molar-refractivity contribution in [3.63, 3.8) is 0 Å². The minimum absolute atomic E-state index is 0.00772. The number of methoxy groups -OCH3 is 1. The van der Waals surface area contributed by atoms with Crippen molar-refractivity contribution in [1.29, 1.82) is 0 Å². The zero-order chi connectivity index (χ0) is 7.33. The Kier molecular flexibility index (Phi) is 3.92. The van der Waals surface area contributed by atoms with E-state index in [1.807, 2.05) is 0 Å². The lowest BCUT2D eigenvalue weighted by Gasteiger charge is -2.06. The molecule has 0 atom stereocenters. The topological polar surface area (TPSA) is 18.5 Å². The molecule has 0 N–H and O–H groups in total. The Balaban J connectivity index is 3.07. The normalized spacial score (nSPS) is 12.0. The molecule has 0 bridgehead atoms. The maximum absolute atomic E-state index is 11.9. The minimum Gasteiger partial charge on any atom is -0.382 e. The van der Waals surface area contributed by atoms with Crippen LogP contribution in [0.25, 0.3) is 0 Å². The molecule has 0 unspecified atom stereocenters. The van der Waals surface area contributed by atoms with Crippen molar-refractivity contribution in [3.8, 4) is 0 Å². The largest absolute Gasteiger partial charge is 0.574 e. The lowest BCUT2D eigenvalue weighted by molar-refractivity contribution is 0.123. The summed E-state index contributed by atoms with van der Waals surface area (Å²) in [5.41, 5.74) is 0. The van der Waals surface area contributed by atoms with Gasteiger partial charge in [-0.05, 0) is 0 Å². The van der Waals surface area contributed by atoms with Crippen LogP contribution in [0.3, 0.4) is 0 Å². The maximum Gasteiger partial charge on any atom is 0.574 e. The summed E-state index contributed by atoms with van der Waals surface area (Å²) in [5, 5.41) is 0. The Bertz CT molecular complexity index is 73.5. The molecule has 0 amide bonds. The van der Waals surface area contributed by atoms with Gasteiger partial charge in [0, 0.05) is 13.7 Å². The summed E-state index contributed by atoms with van der Waals surface area (Å²) < 4.78 is 32.5. The molecule has 56 valence electrons. The summed E-state index contributed by atoms with van der Waals surface area (Å²) in [7, 11) is -2.83. The van der Waals surface area contributed by atoms with Crippen molar-refractivity contribution in [3.05, 3.63) is 0 Å². The molecular weight excluding hydrogens is 146 g/mol. The highest BCUT2D eigenvalue weighted by Gasteiger charge is 2.29. The minimum atomic E-state index is -4.27. The van der Waals surface area contributed by atoms with Crippen LogP contribution in [0.4, 0.5) is 8.22 Å². The molecule has 0 aliphatic heterocycles. The van der Waals surface area contributed by atoms with Crippen LogP contribution < -0.4 is 0 Å².